The largest absolute Gasteiger partial charge is 0.356 e. The third kappa shape index (κ3) is 3.87. The number of hydrogen-bond donors (Lipinski definition) is 3. The van der Waals surface area contributed by atoms with Crippen molar-refractivity contribution in [1.82, 2.24) is 5.06 Å². The highest BCUT2D eigenvalue weighted by molar-refractivity contribution is 7.69. The van der Waals surface area contributed by atoms with Gasteiger partial charge in [-0.25, -0.2) is 4.62 Å². The molecule has 2 atom stereocenters. The lowest BCUT2D eigenvalue weighted by molar-refractivity contribution is 0.0113. The molecule has 2 rings (SSSR count). The van der Waals surface area contributed by atoms with Gasteiger partial charge in [-0.05, 0) is 12.8 Å². The van der Waals surface area contributed by atoms with Gasteiger partial charge in [0.05, 0.1) is 5.54 Å². The molecule has 0 radical (unpaired) electrons. The Morgan fingerprint density at radius 1 is 1.06 bits per heavy atom. The van der Waals surface area contributed by atoms with E-state index >= 15 is 0 Å². The van der Waals surface area contributed by atoms with Gasteiger partial charge < -0.3 is 14.7 Å². The third-order valence-electron chi connectivity index (χ3n) is 3.49. The van der Waals surface area contributed by atoms with Crippen molar-refractivity contribution in [1.29, 1.82) is 0 Å². The Morgan fingerprint density at radius 2 is 1.61 bits per heavy atom. The zero-order valence-corrected chi connectivity index (χ0v) is 11.9. The molecule has 18 heavy (non-hydrogen) atoms. The first-order valence-corrected chi connectivity index (χ1v) is 9.62. The molecule has 3 N–H and O–H groups in total. The zero-order valence-electron chi connectivity index (χ0n) is 10.1. The molecular weight excluding hydrogens is 280 g/mol. The first-order chi connectivity index (χ1) is 8.23. The summed E-state index contributed by atoms with van der Waals surface area (Å²) in [5, 5.41) is 1.44. The molecule has 106 valence electrons. The van der Waals surface area contributed by atoms with Gasteiger partial charge in [-0.2, -0.15) is 5.06 Å². The lowest BCUT2D eigenvalue weighted by Crippen LogP contribution is -2.17. The van der Waals surface area contributed by atoms with Crippen LogP contribution < -0.4 is 0 Å². The molecule has 0 bridgehead atoms. The van der Waals surface area contributed by atoms with Crippen LogP contribution in [0.5, 0.6) is 0 Å². The van der Waals surface area contributed by atoms with Crippen molar-refractivity contribution >= 4 is 15.2 Å². The Hall–Kier alpha value is 0.260. The van der Waals surface area contributed by atoms with Crippen LogP contribution in [0.15, 0.2) is 0 Å². The molecule has 0 amide bonds. The maximum Gasteiger partial charge on any atom is 0.356 e. The molecule has 1 saturated heterocycles. The fraction of sp³-hybridized carbons (Fsp3) is 1.00. The fourth-order valence-corrected chi connectivity index (χ4v) is 5.16. The third-order valence-corrected chi connectivity index (χ3v) is 6.84. The van der Waals surface area contributed by atoms with Gasteiger partial charge in [-0.15, -0.1) is 0 Å². The van der Waals surface area contributed by atoms with Crippen LogP contribution in [-0.2, 0) is 13.8 Å². The molecule has 2 fully saturated rings. The molecule has 9 heteroatoms. The zero-order chi connectivity index (χ0) is 13.4. The summed E-state index contributed by atoms with van der Waals surface area (Å²) in [5.41, 5.74) is -0.163. The van der Waals surface area contributed by atoms with Gasteiger partial charge in [-0.3, -0.25) is 9.13 Å². The molecule has 2 unspecified atom stereocenters. The predicted octanol–water partition coefficient (Wildman–Crippen LogP) is 1.65. The summed E-state index contributed by atoms with van der Waals surface area (Å²) in [6, 6.07) is 0. The lowest BCUT2D eigenvalue weighted by atomic mass is 10.0. The van der Waals surface area contributed by atoms with Crippen LogP contribution in [0, 0.1) is 0 Å². The molecule has 0 aromatic rings. The van der Waals surface area contributed by atoms with E-state index in [0.717, 1.165) is 38.5 Å². The highest BCUT2D eigenvalue weighted by Crippen LogP contribution is 2.59. The first kappa shape index (κ1) is 14.7. The van der Waals surface area contributed by atoms with E-state index in [0.29, 0.717) is 6.54 Å². The number of nitrogens with zero attached hydrogens (tertiary/aromatic N) is 1. The quantitative estimate of drug-likeness (QED) is 0.535. The van der Waals surface area contributed by atoms with Gasteiger partial charge >= 0.3 is 15.2 Å². The SMILES string of the molecule is O=P(O)(O)CP(=O)(O)ON1CC12CCCCCC2. The van der Waals surface area contributed by atoms with Crippen LogP contribution in [0.1, 0.15) is 38.5 Å². The van der Waals surface area contributed by atoms with E-state index in [2.05, 4.69) is 0 Å². The summed E-state index contributed by atoms with van der Waals surface area (Å²) >= 11 is 0. The highest BCUT2D eigenvalue weighted by atomic mass is 31.2. The van der Waals surface area contributed by atoms with Crippen molar-refractivity contribution in [3.8, 4) is 0 Å². The second-order valence-electron chi connectivity index (χ2n) is 5.20. The molecule has 0 aromatic carbocycles. The van der Waals surface area contributed by atoms with Gasteiger partial charge in [0.25, 0.3) is 0 Å². The summed E-state index contributed by atoms with van der Waals surface area (Å²) < 4.78 is 27.3. The van der Waals surface area contributed by atoms with E-state index in [-0.39, 0.29) is 5.54 Å². The van der Waals surface area contributed by atoms with E-state index < -0.39 is 21.1 Å². The number of rotatable bonds is 4. The van der Waals surface area contributed by atoms with Crippen LogP contribution >= 0.6 is 15.2 Å². The molecule has 1 spiro atoms. The maximum atomic E-state index is 11.6. The van der Waals surface area contributed by atoms with Gasteiger partial charge in [0, 0.05) is 6.54 Å². The Kier molecular flexibility index (Phi) is 4.06. The van der Waals surface area contributed by atoms with Crippen molar-refractivity contribution in [3.63, 3.8) is 0 Å². The second kappa shape index (κ2) is 4.98. The number of hydrogen-bond acceptors (Lipinski definition) is 4. The molecule has 1 aliphatic heterocycles. The van der Waals surface area contributed by atoms with Crippen molar-refractivity contribution in [3.05, 3.63) is 0 Å². The minimum Gasteiger partial charge on any atom is -0.324 e. The van der Waals surface area contributed by atoms with E-state index in [1.807, 2.05) is 0 Å². The number of hydroxylamine groups is 2. The maximum absolute atomic E-state index is 11.6. The fourth-order valence-electron chi connectivity index (χ4n) is 2.55. The average Bonchev–Trinajstić information content (AvgIpc) is 2.86. The molecule has 1 saturated carbocycles. The van der Waals surface area contributed by atoms with Crippen LogP contribution in [-0.4, -0.2) is 37.7 Å². The first-order valence-electron chi connectivity index (χ1n) is 6.06. The van der Waals surface area contributed by atoms with Gasteiger partial charge in [-0.1, -0.05) is 25.7 Å². The van der Waals surface area contributed by atoms with Gasteiger partial charge in [0.15, 0.2) is 5.90 Å². The normalized spacial score (nSPS) is 30.7. The van der Waals surface area contributed by atoms with Gasteiger partial charge in [0.2, 0.25) is 0 Å². The van der Waals surface area contributed by atoms with Crippen LogP contribution in [0.2, 0.25) is 0 Å². The molecule has 2 aliphatic rings. The summed E-state index contributed by atoms with van der Waals surface area (Å²) in [6.45, 7) is 0.582. The molecular formula is C9H19NO6P2. The Morgan fingerprint density at radius 3 is 2.11 bits per heavy atom. The standard InChI is InChI=1S/C9H19NO6P2/c11-17(12,13)8-18(14,15)16-10-7-9(10)5-3-1-2-4-6-9/h1-8H2,(H,14,15)(H2,11,12,13). The summed E-state index contributed by atoms with van der Waals surface area (Å²) in [6.07, 6.45) is 6.29. The second-order valence-corrected chi connectivity index (χ2v) is 9.10. The smallest absolute Gasteiger partial charge is 0.324 e. The molecule has 0 aromatic heterocycles. The Balaban J connectivity index is 1.92. The summed E-state index contributed by atoms with van der Waals surface area (Å²) in [5.74, 6) is -1.12. The molecule has 7 nitrogen and oxygen atoms in total. The van der Waals surface area contributed by atoms with Crippen LogP contribution in [0.25, 0.3) is 0 Å². The summed E-state index contributed by atoms with van der Waals surface area (Å²) in [7, 11) is -8.79. The lowest BCUT2D eigenvalue weighted by Gasteiger charge is -2.18. The van der Waals surface area contributed by atoms with Crippen molar-refractivity contribution in [2.75, 3.05) is 12.4 Å². The molecule has 1 heterocycles. The predicted molar refractivity (Wildman–Crippen MR) is 65.0 cm³/mol. The Labute approximate surface area is 106 Å². The van der Waals surface area contributed by atoms with Crippen molar-refractivity contribution in [2.45, 2.75) is 44.1 Å². The van der Waals surface area contributed by atoms with Crippen LogP contribution in [0.4, 0.5) is 0 Å². The minimum atomic E-state index is -4.54. The summed E-state index contributed by atoms with van der Waals surface area (Å²) in [4.78, 5) is 26.9. The van der Waals surface area contributed by atoms with E-state index in [9.17, 15) is 14.0 Å². The van der Waals surface area contributed by atoms with Gasteiger partial charge in [0.1, 0.15) is 0 Å². The van der Waals surface area contributed by atoms with E-state index in [1.165, 1.54) is 5.06 Å². The van der Waals surface area contributed by atoms with Crippen molar-refractivity contribution in [2.24, 2.45) is 0 Å². The topological polar surface area (TPSA) is 107 Å². The minimum absolute atomic E-state index is 0.163. The average molecular weight is 299 g/mol. The van der Waals surface area contributed by atoms with Crippen LogP contribution in [0.3, 0.4) is 0 Å². The highest BCUT2D eigenvalue weighted by Gasteiger charge is 2.55. The molecule has 1 aliphatic carbocycles. The van der Waals surface area contributed by atoms with Crippen molar-refractivity contribution < 1.29 is 28.4 Å². The Bertz CT molecular complexity index is 400. The monoisotopic (exact) mass is 299 g/mol. The van der Waals surface area contributed by atoms with E-state index in [4.69, 9.17) is 14.4 Å². The van der Waals surface area contributed by atoms with E-state index in [1.54, 1.807) is 0 Å².